The molecule has 0 saturated carbocycles. The van der Waals surface area contributed by atoms with Crippen molar-refractivity contribution in [1.29, 1.82) is 0 Å². The summed E-state index contributed by atoms with van der Waals surface area (Å²) in [7, 11) is 0. The van der Waals surface area contributed by atoms with Gasteiger partial charge in [0, 0.05) is 0 Å². The molecule has 0 unspecified atom stereocenters. The zero-order valence-corrected chi connectivity index (χ0v) is 11.3. The molecule has 0 amide bonds. The second-order valence-electron chi connectivity index (χ2n) is 4.11. The molecule has 2 heterocycles. The Balaban J connectivity index is 2.55. The molecule has 0 spiro atoms. The zero-order valence-electron chi connectivity index (χ0n) is 10.6. The fraction of sp³-hybridized carbons (Fsp3) is 0.333. The summed E-state index contributed by atoms with van der Waals surface area (Å²) in [6, 6.07) is 3.46. The summed E-state index contributed by atoms with van der Waals surface area (Å²) in [5.41, 5.74) is 1.26. The van der Waals surface area contributed by atoms with E-state index in [0.29, 0.717) is 17.9 Å². The summed E-state index contributed by atoms with van der Waals surface area (Å²) in [5, 5.41) is 21.3. The number of aryl methyl sites for hydroxylation is 2. The quantitative estimate of drug-likeness (QED) is 0.929. The van der Waals surface area contributed by atoms with Gasteiger partial charge in [0.25, 0.3) is 0 Å². The number of carboxylic acid groups (broad SMARTS) is 1. The third kappa shape index (κ3) is 2.58. The van der Waals surface area contributed by atoms with Crippen molar-refractivity contribution in [3.8, 4) is 5.82 Å². The summed E-state index contributed by atoms with van der Waals surface area (Å²) >= 11 is 6.09. The molecule has 19 heavy (non-hydrogen) atoms. The van der Waals surface area contributed by atoms with Crippen molar-refractivity contribution in [3.63, 3.8) is 0 Å². The lowest BCUT2D eigenvalue weighted by molar-refractivity contribution is 0.0696. The summed E-state index contributed by atoms with van der Waals surface area (Å²) in [4.78, 5) is 11.2. The number of rotatable bonds is 4. The monoisotopic (exact) mass is 280 g/mol. The number of carboxylic acids is 1. The minimum absolute atomic E-state index is 0.0332. The Hall–Kier alpha value is -1.95. The third-order valence-corrected chi connectivity index (χ3v) is 2.95. The molecule has 0 aliphatic carbocycles. The predicted molar refractivity (Wildman–Crippen MR) is 69.9 cm³/mol. The van der Waals surface area contributed by atoms with Crippen LogP contribution in [0.5, 0.6) is 0 Å². The molecular weight excluding hydrogens is 268 g/mol. The molecule has 0 aliphatic rings. The van der Waals surface area contributed by atoms with Crippen LogP contribution in [-0.2, 0) is 6.42 Å². The molecule has 0 bridgehead atoms. The van der Waals surface area contributed by atoms with Crippen LogP contribution in [0.1, 0.15) is 35.1 Å². The van der Waals surface area contributed by atoms with Crippen LogP contribution in [0, 0.1) is 6.92 Å². The highest BCUT2D eigenvalue weighted by Crippen LogP contribution is 2.23. The van der Waals surface area contributed by atoms with E-state index in [0.717, 1.165) is 12.1 Å². The van der Waals surface area contributed by atoms with E-state index in [1.807, 2.05) is 13.8 Å². The van der Waals surface area contributed by atoms with Crippen molar-refractivity contribution in [3.05, 3.63) is 34.2 Å². The SMILES string of the molecule is CCCc1nn(-c2ccc(C)nn2)c(Cl)c1C(=O)O. The van der Waals surface area contributed by atoms with Gasteiger partial charge in [-0.1, -0.05) is 24.9 Å². The molecule has 2 rings (SSSR count). The highest BCUT2D eigenvalue weighted by atomic mass is 35.5. The molecule has 100 valence electrons. The number of hydrogen-bond acceptors (Lipinski definition) is 4. The molecule has 2 aromatic rings. The van der Waals surface area contributed by atoms with E-state index < -0.39 is 5.97 Å². The second kappa shape index (κ2) is 5.36. The van der Waals surface area contributed by atoms with Crippen LogP contribution in [0.15, 0.2) is 12.1 Å². The van der Waals surface area contributed by atoms with Crippen LogP contribution in [-0.4, -0.2) is 31.1 Å². The average molecular weight is 281 g/mol. The van der Waals surface area contributed by atoms with Crippen molar-refractivity contribution < 1.29 is 9.90 Å². The van der Waals surface area contributed by atoms with Crippen LogP contribution in [0.4, 0.5) is 0 Å². The van der Waals surface area contributed by atoms with E-state index in [1.165, 1.54) is 4.68 Å². The molecule has 0 aliphatic heterocycles. The number of nitrogens with zero attached hydrogens (tertiary/aromatic N) is 4. The lowest BCUT2D eigenvalue weighted by atomic mass is 10.2. The van der Waals surface area contributed by atoms with Gasteiger partial charge in [-0.05, 0) is 25.5 Å². The van der Waals surface area contributed by atoms with Gasteiger partial charge < -0.3 is 5.11 Å². The molecule has 0 saturated heterocycles. The minimum Gasteiger partial charge on any atom is -0.478 e. The lowest BCUT2D eigenvalue weighted by Crippen LogP contribution is -2.02. The summed E-state index contributed by atoms with van der Waals surface area (Å²) in [6.07, 6.45) is 1.33. The molecule has 0 aromatic carbocycles. The van der Waals surface area contributed by atoms with Gasteiger partial charge in [-0.15, -0.1) is 5.10 Å². The molecule has 0 fully saturated rings. The Morgan fingerprint density at radius 2 is 2.16 bits per heavy atom. The molecule has 2 aromatic heterocycles. The largest absolute Gasteiger partial charge is 0.478 e. The van der Waals surface area contributed by atoms with E-state index in [4.69, 9.17) is 11.6 Å². The van der Waals surface area contributed by atoms with E-state index in [2.05, 4.69) is 15.3 Å². The minimum atomic E-state index is -1.08. The van der Waals surface area contributed by atoms with Gasteiger partial charge in [-0.2, -0.15) is 10.2 Å². The number of hydrogen-bond donors (Lipinski definition) is 1. The Labute approximate surface area is 115 Å². The van der Waals surface area contributed by atoms with Crippen molar-refractivity contribution in [2.45, 2.75) is 26.7 Å². The summed E-state index contributed by atoms with van der Waals surface area (Å²) in [5.74, 6) is -0.680. The predicted octanol–water partition coefficient (Wildman–Crippen LogP) is 2.27. The number of aromatic nitrogens is 4. The summed E-state index contributed by atoms with van der Waals surface area (Å²) in [6.45, 7) is 3.76. The Bertz CT molecular complexity index is 607. The van der Waals surface area contributed by atoms with Crippen LogP contribution in [0.2, 0.25) is 5.15 Å². The van der Waals surface area contributed by atoms with Crippen molar-refractivity contribution in [2.24, 2.45) is 0 Å². The maximum atomic E-state index is 11.2. The fourth-order valence-corrected chi connectivity index (χ4v) is 2.03. The Morgan fingerprint density at radius 1 is 1.42 bits per heavy atom. The lowest BCUT2D eigenvalue weighted by Gasteiger charge is -2.00. The van der Waals surface area contributed by atoms with Crippen LogP contribution >= 0.6 is 11.6 Å². The van der Waals surface area contributed by atoms with Gasteiger partial charge in [0.15, 0.2) is 5.82 Å². The highest BCUT2D eigenvalue weighted by molar-refractivity contribution is 6.32. The highest BCUT2D eigenvalue weighted by Gasteiger charge is 2.22. The van der Waals surface area contributed by atoms with E-state index >= 15 is 0 Å². The zero-order chi connectivity index (χ0) is 14.0. The van der Waals surface area contributed by atoms with Gasteiger partial charge >= 0.3 is 5.97 Å². The van der Waals surface area contributed by atoms with Crippen molar-refractivity contribution in [2.75, 3.05) is 0 Å². The third-order valence-electron chi connectivity index (χ3n) is 2.60. The van der Waals surface area contributed by atoms with Crippen molar-refractivity contribution >= 4 is 17.6 Å². The molecule has 7 heteroatoms. The van der Waals surface area contributed by atoms with Crippen LogP contribution in [0.3, 0.4) is 0 Å². The first-order valence-corrected chi connectivity index (χ1v) is 6.23. The van der Waals surface area contributed by atoms with E-state index in [1.54, 1.807) is 12.1 Å². The molecule has 1 N–H and O–H groups in total. The maximum Gasteiger partial charge on any atom is 0.340 e. The van der Waals surface area contributed by atoms with E-state index in [-0.39, 0.29) is 10.7 Å². The molecular formula is C12H13ClN4O2. The van der Waals surface area contributed by atoms with Gasteiger partial charge in [0.2, 0.25) is 0 Å². The van der Waals surface area contributed by atoms with Crippen LogP contribution in [0.25, 0.3) is 5.82 Å². The maximum absolute atomic E-state index is 11.2. The van der Waals surface area contributed by atoms with Crippen molar-refractivity contribution in [1.82, 2.24) is 20.0 Å². The Morgan fingerprint density at radius 3 is 2.68 bits per heavy atom. The first-order valence-electron chi connectivity index (χ1n) is 5.86. The first kappa shape index (κ1) is 13.5. The Kier molecular flexibility index (Phi) is 3.80. The fourth-order valence-electron chi connectivity index (χ4n) is 1.72. The number of aromatic carboxylic acids is 1. The molecule has 6 nitrogen and oxygen atoms in total. The molecule has 0 radical (unpaired) electrons. The number of halogens is 1. The van der Waals surface area contributed by atoms with Crippen LogP contribution < -0.4 is 0 Å². The van der Waals surface area contributed by atoms with Gasteiger partial charge in [-0.25, -0.2) is 9.48 Å². The first-order chi connectivity index (χ1) is 9.04. The van der Waals surface area contributed by atoms with Gasteiger partial charge in [0.1, 0.15) is 10.7 Å². The topological polar surface area (TPSA) is 80.9 Å². The van der Waals surface area contributed by atoms with Gasteiger partial charge in [0.05, 0.1) is 11.4 Å². The standard InChI is InChI=1S/C12H13ClN4O2/c1-3-4-8-10(12(18)19)11(13)17(16-8)9-6-5-7(2)14-15-9/h5-6H,3-4H2,1-2H3,(H,18,19). The molecule has 0 atom stereocenters. The smallest absolute Gasteiger partial charge is 0.340 e. The second-order valence-corrected chi connectivity index (χ2v) is 4.47. The van der Waals surface area contributed by atoms with Gasteiger partial charge in [-0.3, -0.25) is 0 Å². The number of carbonyl (C=O) groups is 1. The summed E-state index contributed by atoms with van der Waals surface area (Å²) < 4.78 is 1.31. The average Bonchev–Trinajstić information content (AvgIpc) is 2.68. The van der Waals surface area contributed by atoms with E-state index in [9.17, 15) is 9.90 Å². The normalized spacial score (nSPS) is 10.7.